The topological polar surface area (TPSA) is 30.7 Å². The Balaban J connectivity index is 3.56. The van der Waals surface area contributed by atoms with Crippen molar-refractivity contribution in [3.8, 4) is 0 Å². The largest absolute Gasteiger partial charge is 0.471 e. The van der Waals surface area contributed by atoms with Crippen LogP contribution in [0.1, 0.15) is 142 Å². The molecule has 0 aromatic rings. The first-order chi connectivity index (χ1) is 15.8. The van der Waals surface area contributed by atoms with Crippen LogP contribution in [0.25, 0.3) is 4.85 Å². The molecule has 0 fully saturated rings. The third-order valence-electron chi connectivity index (χ3n) is 5.87. The van der Waals surface area contributed by atoms with Gasteiger partial charge in [-0.2, -0.15) is 0 Å². The molecule has 32 heavy (non-hydrogen) atoms. The maximum atomic E-state index is 12.0. The first kappa shape index (κ1) is 31.0. The van der Waals surface area contributed by atoms with E-state index in [0.29, 0.717) is 6.61 Å². The zero-order chi connectivity index (χ0) is 23.5. The Morgan fingerprint density at radius 3 is 1.53 bits per heavy atom. The zero-order valence-electron chi connectivity index (χ0n) is 21.3. The highest BCUT2D eigenvalue weighted by molar-refractivity contribution is 8.02. The van der Waals surface area contributed by atoms with Crippen molar-refractivity contribution in [2.75, 3.05) is 12.4 Å². The van der Waals surface area contributed by atoms with Gasteiger partial charge in [-0.15, -0.1) is 11.8 Å². The van der Waals surface area contributed by atoms with E-state index in [-0.39, 0.29) is 5.70 Å². The van der Waals surface area contributed by atoms with Crippen LogP contribution in [0.15, 0.2) is 11.1 Å². The van der Waals surface area contributed by atoms with Crippen LogP contribution >= 0.6 is 11.8 Å². The molecule has 0 unspecified atom stereocenters. The summed E-state index contributed by atoms with van der Waals surface area (Å²) in [5, 5.41) is 1.70. The van der Waals surface area contributed by atoms with Crippen LogP contribution in [0, 0.1) is 6.57 Å². The number of carbonyl (C=O) groups is 1. The number of unbranched alkanes of at least 4 members (excludes halogenated alkanes) is 18. The van der Waals surface area contributed by atoms with E-state index < -0.39 is 5.97 Å². The Morgan fingerprint density at radius 1 is 0.688 bits per heavy atom. The summed E-state index contributed by atoms with van der Waals surface area (Å²) in [6.07, 6.45) is 25.9. The van der Waals surface area contributed by atoms with Gasteiger partial charge in [-0.05, 0) is 24.0 Å². The number of carbonyl (C=O) groups excluding carboxylic acids is 1. The van der Waals surface area contributed by atoms with Gasteiger partial charge < -0.3 is 4.74 Å². The van der Waals surface area contributed by atoms with Gasteiger partial charge in [0.1, 0.15) is 0 Å². The average molecular weight is 466 g/mol. The maximum absolute atomic E-state index is 12.0. The molecule has 0 bridgehead atoms. The van der Waals surface area contributed by atoms with Crippen LogP contribution in [-0.4, -0.2) is 18.3 Å². The Kier molecular flexibility index (Phi) is 25.5. The number of hydrogen-bond acceptors (Lipinski definition) is 3. The van der Waals surface area contributed by atoms with E-state index in [1.807, 2.05) is 0 Å². The second-order valence-electron chi connectivity index (χ2n) is 8.99. The predicted octanol–water partition coefficient (Wildman–Crippen LogP) is 9.87. The quantitative estimate of drug-likeness (QED) is 0.0615. The lowest BCUT2D eigenvalue weighted by molar-refractivity contribution is -0.138. The van der Waals surface area contributed by atoms with E-state index in [0.717, 1.165) is 25.0 Å². The Bertz CT molecular complexity index is 484. The number of thioether (sulfide) groups is 1. The summed E-state index contributed by atoms with van der Waals surface area (Å²) in [5.41, 5.74) is 0.133. The van der Waals surface area contributed by atoms with Crippen LogP contribution in [0.4, 0.5) is 0 Å². The maximum Gasteiger partial charge on any atom is 0.336 e. The lowest BCUT2D eigenvalue weighted by Gasteiger charge is -2.05. The van der Waals surface area contributed by atoms with Gasteiger partial charge in [0.05, 0.1) is 13.2 Å². The Morgan fingerprint density at radius 2 is 1.09 bits per heavy atom. The molecular weight excluding hydrogens is 414 g/mol. The molecule has 0 aliphatic rings. The molecule has 0 aromatic heterocycles. The smallest absolute Gasteiger partial charge is 0.336 e. The van der Waals surface area contributed by atoms with E-state index in [2.05, 4.69) is 18.7 Å². The van der Waals surface area contributed by atoms with Gasteiger partial charge in [0.2, 0.25) is 0 Å². The Labute approximate surface area is 204 Å². The van der Waals surface area contributed by atoms with Crippen LogP contribution in [0.5, 0.6) is 0 Å². The van der Waals surface area contributed by atoms with E-state index >= 15 is 0 Å². The number of rotatable bonds is 24. The molecule has 0 rings (SSSR count). The van der Waals surface area contributed by atoms with Crippen molar-refractivity contribution in [3.05, 3.63) is 22.5 Å². The van der Waals surface area contributed by atoms with Crippen LogP contribution in [0.3, 0.4) is 0 Å². The first-order valence-corrected chi connectivity index (χ1v) is 14.7. The molecule has 0 heterocycles. The predicted molar refractivity (Wildman–Crippen MR) is 142 cm³/mol. The molecule has 3 nitrogen and oxygen atoms in total. The van der Waals surface area contributed by atoms with Gasteiger partial charge in [-0.25, -0.2) is 4.85 Å². The summed E-state index contributed by atoms with van der Waals surface area (Å²) in [7, 11) is 0. The molecular formula is C28H51NO2S. The summed E-state index contributed by atoms with van der Waals surface area (Å²) in [6.45, 7) is 12.2. The van der Waals surface area contributed by atoms with E-state index in [9.17, 15) is 4.79 Å². The molecule has 0 radical (unpaired) electrons. The molecule has 0 spiro atoms. The van der Waals surface area contributed by atoms with Crippen molar-refractivity contribution in [1.82, 2.24) is 0 Å². The highest BCUT2D eigenvalue weighted by atomic mass is 32.2. The van der Waals surface area contributed by atoms with Gasteiger partial charge in [-0.3, -0.25) is 4.79 Å². The molecule has 4 heteroatoms. The van der Waals surface area contributed by atoms with Crippen molar-refractivity contribution in [3.63, 3.8) is 0 Å². The van der Waals surface area contributed by atoms with Crippen molar-refractivity contribution >= 4 is 17.7 Å². The molecule has 186 valence electrons. The molecule has 0 aliphatic carbocycles. The van der Waals surface area contributed by atoms with Gasteiger partial charge in [0, 0.05) is 0 Å². The van der Waals surface area contributed by atoms with Gasteiger partial charge in [0.25, 0.3) is 5.70 Å². The van der Waals surface area contributed by atoms with Crippen molar-refractivity contribution in [2.24, 2.45) is 0 Å². The molecule has 0 aliphatic heterocycles. The number of nitrogens with zero attached hydrogens (tertiary/aromatic N) is 1. The van der Waals surface area contributed by atoms with E-state index in [1.54, 1.807) is 17.2 Å². The summed E-state index contributed by atoms with van der Waals surface area (Å²) in [5.74, 6) is 0.521. The van der Waals surface area contributed by atoms with Crippen LogP contribution < -0.4 is 0 Å². The monoisotopic (exact) mass is 465 g/mol. The first-order valence-electron chi connectivity index (χ1n) is 13.6. The molecule has 0 saturated carbocycles. The highest BCUT2D eigenvalue weighted by Gasteiger charge is 2.10. The van der Waals surface area contributed by atoms with Crippen LogP contribution in [-0.2, 0) is 9.53 Å². The van der Waals surface area contributed by atoms with E-state index in [1.165, 1.54) is 109 Å². The zero-order valence-corrected chi connectivity index (χ0v) is 22.1. The second kappa shape index (κ2) is 26.3. The number of hydrogen-bond donors (Lipinski definition) is 0. The van der Waals surface area contributed by atoms with Gasteiger partial charge >= 0.3 is 5.97 Å². The Hall–Kier alpha value is -0.950. The minimum atomic E-state index is -0.452. The summed E-state index contributed by atoms with van der Waals surface area (Å²) in [6, 6.07) is 0. The fourth-order valence-electron chi connectivity index (χ4n) is 3.76. The highest BCUT2D eigenvalue weighted by Crippen LogP contribution is 2.16. The third kappa shape index (κ3) is 22.3. The van der Waals surface area contributed by atoms with E-state index in [4.69, 9.17) is 11.3 Å². The summed E-state index contributed by atoms with van der Waals surface area (Å²) >= 11 is 1.57. The minimum absolute atomic E-state index is 0.133. The van der Waals surface area contributed by atoms with Crippen molar-refractivity contribution in [2.45, 2.75) is 142 Å². The number of ether oxygens (including phenoxy) is 1. The molecule has 0 saturated heterocycles. The molecule has 0 aromatic carbocycles. The van der Waals surface area contributed by atoms with Gasteiger partial charge in [-0.1, -0.05) is 129 Å². The third-order valence-corrected chi connectivity index (χ3v) is 6.79. The van der Waals surface area contributed by atoms with Gasteiger partial charge in [0.15, 0.2) is 0 Å². The standard InChI is InChI=1S/C28H51NO2S/c1-4-6-8-10-12-14-16-18-20-22-24-31-28(30)27(29-3)26-32-25-23-21-19-17-15-13-11-9-7-5-2/h26H,4-25H2,1-2H3/b27-26+. The van der Waals surface area contributed by atoms with Crippen LogP contribution in [0.2, 0.25) is 0 Å². The van der Waals surface area contributed by atoms with Crippen molar-refractivity contribution < 1.29 is 9.53 Å². The normalized spacial score (nSPS) is 11.5. The molecule has 0 N–H and O–H groups in total. The molecule has 0 amide bonds. The lowest BCUT2D eigenvalue weighted by atomic mass is 10.1. The minimum Gasteiger partial charge on any atom is -0.471 e. The fourth-order valence-corrected chi connectivity index (χ4v) is 4.55. The lowest BCUT2D eigenvalue weighted by Crippen LogP contribution is -2.06. The second-order valence-corrected chi connectivity index (χ2v) is 9.96. The number of esters is 1. The average Bonchev–Trinajstić information content (AvgIpc) is 2.80. The fraction of sp³-hybridized carbons (Fsp3) is 0.857. The SMILES string of the molecule is [C-]#[N+]/C(=C/SCCCCCCCCCCCC)C(=O)OCCCCCCCCCCCC. The summed E-state index contributed by atoms with van der Waals surface area (Å²) in [4.78, 5) is 15.4. The summed E-state index contributed by atoms with van der Waals surface area (Å²) < 4.78 is 5.29. The van der Waals surface area contributed by atoms with Crippen molar-refractivity contribution in [1.29, 1.82) is 0 Å². The molecule has 0 atom stereocenters.